The molecule has 3 nitrogen and oxygen atoms in total. The lowest BCUT2D eigenvalue weighted by Crippen LogP contribution is -2.69. The van der Waals surface area contributed by atoms with E-state index >= 15 is 0 Å². The molecule has 0 bridgehead atoms. The van der Waals surface area contributed by atoms with Crippen LogP contribution in [0.25, 0.3) is 49.7 Å². The summed E-state index contributed by atoms with van der Waals surface area (Å²) in [4.78, 5) is 4.35. The molecule has 32 heavy (non-hydrogen) atoms. The lowest BCUT2D eigenvalue weighted by Gasteiger charge is -2.08. The molecule has 0 aliphatic carbocycles. The monoisotopic (exact) mass is 410 g/mol. The molecule has 1 aliphatic rings. The van der Waals surface area contributed by atoms with Crippen molar-refractivity contribution in [1.29, 1.82) is 0 Å². The topological polar surface area (TPSA) is 34.4 Å². The van der Waals surface area contributed by atoms with E-state index in [9.17, 15) is 0 Å². The Morgan fingerprint density at radius 1 is 0.594 bits per heavy atom. The molecular formula is C29H20N3+. The molecule has 2 N–H and O–H groups in total. The summed E-state index contributed by atoms with van der Waals surface area (Å²) in [6, 6.07) is 35.0. The number of quaternary nitrogens is 1. The average molecular weight is 411 g/mol. The Hall–Kier alpha value is -4.21. The minimum Gasteiger partial charge on any atom is -0.308 e. The number of hydrogen-bond acceptors (Lipinski definition) is 1. The van der Waals surface area contributed by atoms with Gasteiger partial charge in [0.25, 0.3) is 0 Å². The van der Waals surface area contributed by atoms with Crippen LogP contribution in [0.5, 0.6) is 0 Å². The Morgan fingerprint density at radius 2 is 1.38 bits per heavy atom. The predicted molar refractivity (Wildman–Crippen MR) is 131 cm³/mol. The van der Waals surface area contributed by atoms with Gasteiger partial charge in [0.2, 0.25) is 0 Å². The van der Waals surface area contributed by atoms with Crippen molar-refractivity contribution in [2.45, 2.75) is 0 Å². The van der Waals surface area contributed by atoms with Gasteiger partial charge in [0, 0.05) is 40.2 Å². The van der Waals surface area contributed by atoms with E-state index in [0.29, 0.717) is 0 Å². The lowest BCUT2D eigenvalue weighted by molar-refractivity contribution is -0.473. The molecule has 3 heterocycles. The van der Waals surface area contributed by atoms with Crippen LogP contribution in [0.3, 0.4) is 0 Å². The standard InChI is InChI=1S/C29H19N3/c1-3-9-26-22(7-1)24-16-19(11-13-27(24)31-26)20-12-14-29-25(17-20)23-8-2-4-10-28(23)32(29)21-6-5-15-30-18-21/h1-18,31H/p+1. The third-order valence-electron chi connectivity index (χ3n) is 6.53. The van der Waals surface area contributed by atoms with E-state index in [1.807, 2.05) is 18.5 Å². The second-order valence-corrected chi connectivity index (χ2v) is 8.33. The van der Waals surface area contributed by atoms with Gasteiger partial charge in [0.15, 0.2) is 0 Å². The minimum atomic E-state index is 1.08. The van der Waals surface area contributed by atoms with Gasteiger partial charge in [-0.2, -0.15) is 0 Å². The van der Waals surface area contributed by atoms with E-state index in [2.05, 4.69) is 106 Å². The smallest absolute Gasteiger partial charge is 0.142 e. The molecule has 2 aromatic heterocycles. The first kappa shape index (κ1) is 17.5. The Balaban J connectivity index is 1.45. The van der Waals surface area contributed by atoms with Crippen LogP contribution in [0.2, 0.25) is 0 Å². The highest BCUT2D eigenvalue weighted by Gasteiger charge is 2.23. The van der Waals surface area contributed by atoms with Gasteiger partial charge >= 0.3 is 0 Å². The van der Waals surface area contributed by atoms with Crippen molar-refractivity contribution >= 4 is 33.2 Å². The number of pyridine rings is 1. The van der Waals surface area contributed by atoms with Gasteiger partial charge in [-0.15, -0.1) is 0 Å². The van der Waals surface area contributed by atoms with Crippen LogP contribution >= 0.6 is 0 Å². The molecule has 0 unspecified atom stereocenters. The fourth-order valence-corrected chi connectivity index (χ4v) is 5.05. The highest BCUT2D eigenvalue weighted by Crippen LogP contribution is 2.39. The van der Waals surface area contributed by atoms with Crippen LogP contribution in [0.4, 0.5) is 11.4 Å². The van der Waals surface area contributed by atoms with Crippen molar-refractivity contribution < 1.29 is 5.32 Å². The van der Waals surface area contributed by atoms with Crippen LogP contribution < -0.4 is 5.32 Å². The maximum atomic E-state index is 4.35. The molecular weight excluding hydrogens is 390 g/mol. The number of para-hydroxylation sites is 2. The summed E-state index contributed by atoms with van der Waals surface area (Å²) < 4.78 is 2.30. The zero-order valence-electron chi connectivity index (χ0n) is 17.4. The van der Waals surface area contributed by atoms with E-state index in [4.69, 9.17) is 0 Å². The maximum absolute atomic E-state index is 4.35. The van der Waals surface area contributed by atoms with Gasteiger partial charge in [-0.1, -0.05) is 36.4 Å². The normalized spacial score (nSPS) is 12.2. The number of hydrogen-bond donors (Lipinski definition) is 1. The summed E-state index contributed by atoms with van der Waals surface area (Å²) in [6.07, 6.45) is 3.74. The first-order valence-electron chi connectivity index (χ1n) is 10.9. The predicted octanol–water partition coefficient (Wildman–Crippen LogP) is 6.35. The summed E-state index contributed by atoms with van der Waals surface area (Å²) >= 11 is 0. The highest BCUT2D eigenvalue weighted by atomic mass is 15.0. The van der Waals surface area contributed by atoms with Crippen LogP contribution in [0, 0.1) is 0 Å². The largest absolute Gasteiger partial charge is 0.308 e. The van der Waals surface area contributed by atoms with Crippen LogP contribution in [0.15, 0.2) is 109 Å². The van der Waals surface area contributed by atoms with E-state index in [-0.39, 0.29) is 0 Å². The van der Waals surface area contributed by atoms with Crippen molar-refractivity contribution in [3.05, 3.63) is 109 Å². The molecule has 0 fully saturated rings. The van der Waals surface area contributed by atoms with Crippen molar-refractivity contribution in [2.75, 3.05) is 0 Å². The molecule has 7 rings (SSSR count). The first-order valence-corrected chi connectivity index (χ1v) is 10.9. The molecule has 0 amide bonds. The van der Waals surface area contributed by atoms with Gasteiger partial charge in [0.1, 0.15) is 11.4 Å². The molecule has 4 aromatic carbocycles. The average Bonchev–Trinajstić information content (AvgIpc) is 3.39. The molecule has 1 aliphatic heterocycles. The SMILES string of the molecule is c1cncc(-n2c3ccccc3c3cc(-c4ccc5c(c4)-c4ccccc4[NH2+]5)ccc32)c1. The van der Waals surface area contributed by atoms with Crippen LogP contribution in [-0.2, 0) is 0 Å². The van der Waals surface area contributed by atoms with Gasteiger partial charge in [-0.05, 0) is 59.7 Å². The van der Waals surface area contributed by atoms with Crippen LogP contribution in [-0.4, -0.2) is 9.55 Å². The van der Waals surface area contributed by atoms with Gasteiger partial charge in [-0.3, -0.25) is 10.3 Å². The van der Waals surface area contributed by atoms with E-state index in [1.165, 1.54) is 55.4 Å². The molecule has 0 atom stereocenters. The number of benzene rings is 4. The Morgan fingerprint density at radius 3 is 2.31 bits per heavy atom. The fraction of sp³-hybridized carbons (Fsp3) is 0. The summed E-state index contributed by atoms with van der Waals surface area (Å²) in [5.74, 6) is 0. The highest BCUT2D eigenvalue weighted by molar-refractivity contribution is 6.10. The number of rotatable bonds is 2. The minimum absolute atomic E-state index is 1.08. The second-order valence-electron chi connectivity index (χ2n) is 8.33. The Kier molecular flexibility index (Phi) is 3.63. The van der Waals surface area contributed by atoms with Crippen molar-refractivity contribution in [3.63, 3.8) is 0 Å². The zero-order chi connectivity index (χ0) is 21.1. The van der Waals surface area contributed by atoms with Crippen LogP contribution in [0.1, 0.15) is 0 Å². The van der Waals surface area contributed by atoms with Crippen molar-refractivity contribution in [2.24, 2.45) is 0 Å². The molecule has 0 saturated heterocycles. The van der Waals surface area contributed by atoms with Gasteiger partial charge in [0.05, 0.1) is 22.9 Å². The first-order chi connectivity index (χ1) is 15.9. The zero-order valence-corrected chi connectivity index (χ0v) is 17.4. The quantitative estimate of drug-likeness (QED) is 0.331. The summed E-state index contributed by atoms with van der Waals surface area (Å²) in [6.45, 7) is 0. The third kappa shape index (κ3) is 2.49. The molecule has 3 heteroatoms. The number of nitrogens with zero attached hydrogens (tertiary/aromatic N) is 2. The Bertz CT molecular complexity index is 1640. The molecule has 0 radical (unpaired) electrons. The number of aromatic nitrogens is 2. The number of fused-ring (bicyclic) bond motifs is 6. The van der Waals surface area contributed by atoms with E-state index in [1.54, 1.807) is 0 Å². The maximum Gasteiger partial charge on any atom is 0.142 e. The second kappa shape index (κ2) is 6.64. The summed E-state index contributed by atoms with van der Waals surface area (Å²) in [5, 5.41) is 4.79. The van der Waals surface area contributed by atoms with Gasteiger partial charge in [-0.25, -0.2) is 0 Å². The number of nitrogens with two attached hydrogens (primary N) is 1. The van der Waals surface area contributed by atoms with E-state index < -0.39 is 0 Å². The molecule has 150 valence electrons. The van der Waals surface area contributed by atoms with Gasteiger partial charge < -0.3 is 4.57 Å². The molecule has 0 saturated carbocycles. The molecule has 0 spiro atoms. The van der Waals surface area contributed by atoms with Crippen molar-refractivity contribution in [1.82, 2.24) is 9.55 Å². The molecule has 6 aromatic rings. The lowest BCUT2D eigenvalue weighted by atomic mass is 9.98. The fourth-order valence-electron chi connectivity index (χ4n) is 5.05. The summed E-state index contributed by atoms with van der Waals surface area (Å²) in [7, 11) is 0. The Labute approximate surface area is 185 Å². The van der Waals surface area contributed by atoms with Crippen molar-refractivity contribution in [3.8, 4) is 27.9 Å². The summed E-state index contributed by atoms with van der Waals surface area (Å²) in [5.41, 5.74) is 11.2. The van der Waals surface area contributed by atoms with E-state index in [0.717, 1.165) is 5.69 Å². The third-order valence-corrected chi connectivity index (χ3v) is 6.53.